The van der Waals surface area contributed by atoms with Gasteiger partial charge in [0.2, 0.25) is 0 Å². The summed E-state index contributed by atoms with van der Waals surface area (Å²) < 4.78 is 18.6. The van der Waals surface area contributed by atoms with Gasteiger partial charge in [0.15, 0.2) is 5.82 Å². The van der Waals surface area contributed by atoms with Crippen molar-refractivity contribution in [3.05, 3.63) is 51.5 Å². The van der Waals surface area contributed by atoms with Crippen molar-refractivity contribution in [2.24, 2.45) is 5.92 Å². The van der Waals surface area contributed by atoms with Gasteiger partial charge < -0.3 is 14.8 Å². The summed E-state index contributed by atoms with van der Waals surface area (Å²) in [6.45, 7) is 4.51. The fourth-order valence-corrected chi connectivity index (χ4v) is 6.16. The Hall–Kier alpha value is -1.85. The van der Waals surface area contributed by atoms with E-state index in [1.54, 1.807) is 30.6 Å². The van der Waals surface area contributed by atoms with Crippen LogP contribution in [0.15, 0.2) is 35.1 Å². The zero-order valence-electron chi connectivity index (χ0n) is 21.3. The number of rotatable bonds is 12. The molecule has 0 radical (unpaired) electrons. The van der Waals surface area contributed by atoms with Gasteiger partial charge in [-0.15, -0.1) is 0 Å². The number of likely N-dealkylation sites (tertiary alicyclic amines) is 1. The molecule has 0 spiro atoms. The minimum Gasteiger partial charge on any atom is -0.351 e. The SMILES string of the molecule is CSC1CCN(CCCCn2cnc3c(F)c(Nc4ccc(Br)cc4Cl)c(C(=O)NOCC4CC4)cc32)C1. The molecule has 1 atom stereocenters. The number of nitrogens with one attached hydrogen (secondary N) is 2. The Balaban J connectivity index is 1.35. The summed E-state index contributed by atoms with van der Waals surface area (Å²) in [5.74, 6) is -0.651. The van der Waals surface area contributed by atoms with Gasteiger partial charge >= 0.3 is 0 Å². The number of benzene rings is 2. The van der Waals surface area contributed by atoms with Gasteiger partial charge in [0, 0.05) is 22.8 Å². The molecule has 1 unspecified atom stereocenters. The van der Waals surface area contributed by atoms with E-state index in [4.69, 9.17) is 16.4 Å². The summed E-state index contributed by atoms with van der Waals surface area (Å²) in [5.41, 5.74) is 3.89. The van der Waals surface area contributed by atoms with E-state index >= 15 is 4.39 Å². The number of carbonyl (C=O) groups excluding carboxylic acids is 1. The van der Waals surface area contributed by atoms with Crippen LogP contribution in [0.2, 0.25) is 5.02 Å². The van der Waals surface area contributed by atoms with E-state index in [1.165, 1.54) is 6.42 Å². The minimum absolute atomic E-state index is 0.0110. The third kappa shape index (κ3) is 6.65. The van der Waals surface area contributed by atoms with Gasteiger partial charge in [-0.3, -0.25) is 9.63 Å². The van der Waals surface area contributed by atoms with Crippen LogP contribution in [0.4, 0.5) is 15.8 Å². The first-order valence-electron chi connectivity index (χ1n) is 13.0. The summed E-state index contributed by atoms with van der Waals surface area (Å²) in [6, 6.07) is 6.90. The number of imidazole rings is 1. The van der Waals surface area contributed by atoms with Crippen molar-refractivity contribution in [2.75, 3.05) is 37.8 Å². The maximum absolute atomic E-state index is 15.9. The number of aromatic nitrogens is 2. The lowest BCUT2D eigenvalue weighted by Gasteiger charge is -2.16. The molecule has 11 heteroatoms. The summed E-state index contributed by atoms with van der Waals surface area (Å²) in [6.07, 6.45) is 9.26. The molecule has 5 rings (SSSR count). The Morgan fingerprint density at radius 2 is 2.08 bits per heavy atom. The molecule has 1 aliphatic carbocycles. The van der Waals surface area contributed by atoms with Gasteiger partial charge in [0.25, 0.3) is 5.91 Å². The number of hydroxylamine groups is 1. The normalized spacial score (nSPS) is 17.8. The van der Waals surface area contributed by atoms with Crippen molar-refractivity contribution < 1.29 is 14.0 Å². The zero-order valence-corrected chi connectivity index (χ0v) is 24.5. The lowest BCUT2D eigenvalue weighted by Crippen LogP contribution is -2.26. The fourth-order valence-electron chi connectivity index (χ4n) is 4.74. The Labute approximate surface area is 239 Å². The van der Waals surface area contributed by atoms with Crippen molar-refractivity contribution in [3.63, 3.8) is 0 Å². The number of nitrogens with zero attached hydrogens (tertiary/aromatic N) is 3. The molecule has 2 heterocycles. The van der Waals surface area contributed by atoms with Gasteiger partial charge in [-0.25, -0.2) is 14.9 Å². The van der Waals surface area contributed by atoms with E-state index in [2.05, 4.69) is 42.9 Å². The topological polar surface area (TPSA) is 71.4 Å². The van der Waals surface area contributed by atoms with Gasteiger partial charge in [-0.2, -0.15) is 11.8 Å². The molecule has 7 nitrogen and oxygen atoms in total. The lowest BCUT2D eigenvalue weighted by molar-refractivity contribution is 0.0271. The average Bonchev–Trinajstić information content (AvgIpc) is 3.45. The maximum Gasteiger partial charge on any atom is 0.277 e. The average molecular weight is 625 g/mol. The Bertz CT molecular complexity index is 1300. The molecular formula is C27H32BrClFN5O2S. The second-order valence-corrected chi connectivity index (χ2v) is 12.5. The number of fused-ring (bicyclic) bond motifs is 1. The zero-order chi connectivity index (χ0) is 26.6. The molecule has 1 saturated carbocycles. The highest BCUT2D eigenvalue weighted by Gasteiger charge is 2.25. The highest BCUT2D eigenvalue weighted by Crippen LogP contribution is 2.35. The predicted octanol–water partition coefficient (Wildman–Crippen LogP) is 6.62. The second-order valence-electron chi connectivity index (χ2n) is 10.0. The van der Waals surface area contributed by atoms with Crippen LogP contribution in [0.25, 0.3) is 11.0 Å². The molecule has 0 bridgehead atoms. The first kappa shape index (κ1) is 27.7. The first-order chi connectivity index (χ1) is 18.4. The lowest BCUT2D eigenvalue weighted by atomic mass is 10.1. The molecule has 38 heavy (non-hydrogen) atoms. The highest BCUT2D eigenvalue weighted by molar-refractivity contribution is 9.10. The van der Waals surface area contributed by atoms with Crippen molar-refractivity contribution in [1.82, 2.24) is 19.9 Å². The number of carbonyl (C=O) groups is 1. The number of halogens is 3. The standard InChI is InChI=1S/C27H32BrClFN5O2S/c1-38-19-8-11-34(14-19)9-2-3-10-35-16-31-26-23(35)13-20(27(36)33-37-15-17-4-5-17)25(24(26)30)32-22-7-6-18(28)12-21(22)29/h6-7,12-13,16-17,19,32H,2-5,8-11,14-15H2,1H3,(H,33,36). The second kappa shape index (κ2) is 12.6. The summed E-state index contributed by atoms with van der Waals surface area (Å²) in [4.78, 5) is 25.5. The monoisotopic (exact) mass is 623 g/mol. The van der Waals surface area contributed by atoms with E-state index in [0.29, 0.717) is 35.3 Å². The first-order valence-corrected chi connectivity index (χ1v) is 15.5. The maximum atomic E-state index is 15.9. The summed E-state index contributed by atoms with van der Waals surface area (Å²) >= 11 is 11.7. The number of amides is 1. The largest absolute Gasteiger partial charge is 0.351 e. The van der Waals surface area contributed by atoms with Gasteiger partial charge in [0.05, 0.1) is 40.4 Å². The van der Waals surface area contributed by atoms with Crippen molar-refractivity contribution in [1.29, 1.82) is 0 Å². The third-order valence-corrected chi connectivity index (χ3v) is 9.02. The molecule has 1 aliphatic heterocycles. The molecule has 204 valence electrons. The van der Waals surface area contributed by atoms with E-state index < -0.39 is 11.7 Å². The Morgan fingerprint density at radius 3 is 2.82 bits per heavy atom. The Kier molecular flexibility index (Phi) is 9.15. The number of hydrogen-bond donors (Lipinski definition) is 2. The number of thioether (sulfide) groups is 1. The van der Waals surface area contributed by atoms with Crippen LogP contribution in [0.5, 0.6) is 0 Å². The summed E-state index contributed by atoms with van der Waals surface area (Å²) in [7, 11) is 0. The summed E-state index contributed by atoms with van der Waals surface area (Å²) in [5, 5.41) is 4.15. The fraction of sp³-hybridized carbons (Fsp3) is 0.481. The van der Waals surface area contributed by atoms with Gasteiger partial charge in [0.1, 0.15) is 5.52 Å². The molecular weight excluding hydrogens is 593 g/mol. The van der Waals surface area contributed by atoms with Crippen LogP contribution >= 0.6 is 39.3 Å². The molecule has 2 N–H and O–H groups in total. The Morgan fingerprint density at radius 1 is 1.26 bits per heavy atom. The van der Waals surface area contributed by atoms with Crippen molar-refractivity contribution >= 4 is 67.6 Å². The molecule has 2 aliphatic rings. The van der Waals surface area contributed by atoms with Crippen LogP contribution in [-0.2, 0) is 11.4 Å². The van der Waals surface area contributed by atoms with Gasteiger partial charge in [-0.05, 0) is 81.6 Å². The third-order valence-electron chi connectivity index (χ3n) is 7.16. The van der Waals surface area contributed by atoms with E-state index in [0.717, 1.165) is 55.0 Å². The number of hydrogen-bond acceptors (Lipinski definition) is 6. The molecule has 1 saturated heterocycles. The van der Waals surface area contributed by atoms with Crippen molar-refractivity contribution in [2.45, 2.75) is 43.9 Å². The molecule has 2 aromatic carbocycles. The molecule has 2 fully saturated rings. The van der Waals surface area contributed by atoms with Crippen LogP contribution < -0.4 is 10.8 Å². The smallest absolute Gasteiger partial charge is 0.277 e. The van der Waals surface area contributed by atoms with Gasteiger partial charge in [-0.1, -0.05) is 27.5 Å². The number of anilines is 2. The van der Waals surface area contributed by atoms with E-state index in [9.17, 15) is 4.79 Å². The van der Waals surface area contributed by atoms with E-state index in [-0.39, 0.29) is 16.8 Å². The number of aryl methyl sites for hydroxylation is 1. The highest BCUT2D eigenvalue weighted by atomic mass is 79.9. The number of unbranched alkanes of at least 4 members (excludes halogenated alkanes) is 1. The minimum atomic E-state index is -0.604. The van der Waals surface area contributed by atoms with Crippen LogP contribution in [0.3, 0.4) is 0 Å². The van der Waals surface area contributed by atoms with Crippen LogP contribution in [0, 0.1) is 11.7 Å². The van der Waals surface area contributed by atoms with Crippen molar-refractivity contribution in [3.8, 4) is 0 Å². The molecule has 1 amide bonds. The van der Waals surface area contributed by atoms with Crippen LogP contribution in [-0.4, -0.2) is 58.1 Å². The van der Waals surface area contributed by atoms with Crippen LogP contribution in [0.1, 0.15) is 42.5 Å². The molecule has 1 aromatic heterocycles. The quantitative estimate of drug-likeness (QED) is 0.174. The van der Waals surface area contributed by atoms with E-state index in [1.807, 2.05) is 16.3 Å². The molecule has 3 aromatic rings. The predicted molar refractivity (Wildman–Crippen MR) is 156 cm³/mol.